The Morgan fingerprint density at radius 2 is 1.81 bits per heavy atom. The molecule has 1 aliphatic heterocycles. The minimum atomic E-state index is -3.75. The topological polar surface area (TPSA) is 58.2 Å². The second kappa shape index (κ2) is 7.98. The van der Waals surface area contributed by atoms with Crippen LogP contribution in [0.15, 0.2) is 77.7 Å². The minimum Gasteiger partial charge on any atom is -0.378 e. The van der Waals surface area contributed by atoms with Gasteiger partial charge >= 0.3 is 0 Å². The summed E-state index contributed by atoms with van der Waals surface area (Å²) in [4.78, 5) is 0.255. The quantitative estimate of drug-likeness (QED) is 0.428. The van der Waals surface area contributed by atoms with Gasteiger partial charge in [0.2, 0.25) is 0 Å². The van der Waals surface area contributed by atoms with Crippen LogP contribution < -0.4 is 10.0 Å². The molecule has 3 aromatic rings. The summed E-state index contributed by atoms with van der Waals surface area (Å²) in [7, 11) is -3.75. The Hall–Kier alpha value is -2.76. The molecule has 5 rings (SSSR count). The van der Waals surface area contributed by atoms with Crippen LogP contribution in [-0.2, 0) is 10.0 Å². The average Bonchev–Trinajstić information content (AvgIpc) is 3.27. The zero-order chi connectivity index (χ0) is 22.5. The van der Waals surface area contributed by atoms with E-state index in [1.54, 1.807) is 31.2 Å². The lowest BCUT2D eigenvalue weighted by molar-refractivity contribution is 0.425. The normalized spacial score (nSPS) is 21.5. The molecule has 4 nitrogen and oxygen atoms in total. The second-order valence-corrected chi connectivity index (χ2v) is 10.7. The molecule has 2 unspecified atom stereocenters. The van der Waals surface area contributed by atoms with Gasteiger partial charge in [-0.15, -0.1) is 0 Å². The lowest BCUT2D eigenvalue weighted by atomic mass is 9.77. The molecule has 0 fully saturated rings. The van der Waals surface area contributed by atoms with Crippen LogP contribution in [0.5, 0.6) is 0 Å². The monoisotopic (exact) mass is 464 g/mol. The first-order valence-electron chi connectivity index (χ1n) is 10.7. The summed E-state index contributed by atoms with van der Waals surface area (Å²) >= 11 is 6.17. The van der Waals surface area contributed by atoms with Gasteiger partial charge in [-0.05, 0) is 73.2 Å². The highest BCUT2D eigenvalue weighted by molar-refractivity contribution is 7.92. The maximum absolute atomic E-state index is 13.2. The lowest BCUT2D eigenvalue weighted by Gasteiger charge is -2.37. The van der Waals surface area contributed by atoms with Gasteiger partial charge in [0, 0.05) is 16.6 Å². The summed E-state index contributed by atoms with van der Waals surface area (Å²) in [5, 5.41) is 4.21. The molecule has 2 aliphatic rings. The standard InChI is InChI=1S/C26H25ClN2O2S/c1-16-9-11-18(12-10-16)26-21-6-3-5-20(21)22-15-19(13-14-25(22)28-26)32(30,31)29-24-8-4-7-23(27)17(24)2/h3-5,7-15,20-21,26,28-29H,6H2,1-2H3/t20?,21?,26-/m0/s1. The van der Waals surface area contributed by atoms with E-state index < -0.39 is 10.0 Å². The lowest BCUT2D eigenvalue weighted by Crippen LogP contribution is -2.29. The summed E-state index contributed by atoms with van der Waals surface area (Å²) in [6.45, 7) is 3.89. The van der Waals surface area contributed by atoms with Gasteiger partial charge in [0.05, 0.1) is 16.6 Å². The maximum Gasteiger partial charge on any atom is 0.261 e. The number of halogens is 1. The van der Waals surface area contributed by atoms with Gasteiger partial charge in [-0.1, -0.05) is 59.6 Å². The molecule has 3 aromatic carbocycles. The Bertz CT molecular complexity index is 1320. The zero-order valence-electron chi connectivity index (χ0n) is 18.0. The predicted molar refractivity (Wildman–Crippen MR) is 131 cm³/mol. The highest BCUT2D eigenvalue weighted by Crippen LogP contribution is 2.50. The third kappa shape index (κ3) is 3.70. The maximum atomic E-state index is 13.2. The number of hydrogen-bond acceptors (Lipinski definition) is 3. The Balaban J connectivity index is 1.49. The number of fused-ring (bicyclic) bond motifs is 3. The summed E-state index contributed by atoms with van der Waals surface area (Å²) in [5.41, 5.74) is 5.71. The number of benzene rings is 3. The van der Waals surface area contributed by atoms with Crippen LogP contribution in [0, 0.1) is 19.8 Å². The van der Waals surface area contributed by atoms with E-state index in [1.165, 1.54) is 11.1 Å². The first kappa shape index (κ1) is 21.1. The van der Waals surface area contributed by atoms with E-state index in [0.717, 1.165) is 17.7 Å². The van der Waals surface area contributed by atoms with Gasteiger partial charge in [0.15, 0.2) is 0 Å². The molecule has 32 heavy (non-hydrogen) atoms. The summed E-state index contributed by atoms with van der Waals surface area (Å²) in [6.07, 6.45) is 5.39. The van der Waals surface area contributed by atoms with Crippen molar-refractivity contribution >= 4 is 33.0 Å². The number of anilines is 2. The highest BCUT2D eigenvalue weighted by atomic mass is 35.5. The van der Waals surface area contributed by atoms with Crippen molar-refractivity contribution < 1.29 is 8.42 Å². The fraction of sp³-hybridized carbons (Fsp3) is 0.231. The third-order valence-corrected chi connectivity index (χ3v) is 8.37. The SMILES string of the molecule is Cc1ccc([C@@H]2Nc3ccc(S(=O)(=O)Nc4cccc(Cl)c4C)cc3C3C=CCC32)cc1. The Kier molecular flexibility index (Phi) is 5.26. The zero-order valence-corrected chi connectivity index (χ0v) is 19.5. The summed E-state index contributed by atoms with van der Waals surface area (Å²) in [6, 6.07) is 19.4. The molecule has 0 bridgehead atoms. The molecule has 1 heterocycles. The van der Waals surface area contributed by atoms with Gasteiger partial charge in [0.1, 0.15) is 0 Å². The molecule has 164 valence electrons. The average molecular weight is 465 g/mol. The van der Waals surface area contributed by atoms with Crippen molar-refractivity contribution in [2.45, 2.75) is 37.1 Å². The predicted octanol–water partition coefficient (Wildman–Crippen LogP) is 6.58. The third-order valence-electron chi connectivity index (χ3n) is 6.59. The molecule has 0 radical (unpaired) electrons. The number of nitrogens with one attached hydrogen (secondary N) is 2. The van der Waals surface area contributed by atoms with E-state index in [1.807, 2.05) is 12.1 Å². The van der Waals surface area contributed by atoms with E-state index >= 15 is 0 Å². The van der Waals surface area contributed by atoms with Gasteiger partial charge in [0.25, 0.3) is 10.0 Å². The molecule has 3 atom stereocenters. The Morgan fingerprint density at radius 3 is 2.59 bits per heavy atom. The van der Waals surface area contributed by atoms with E-state index in [4.69, 9.17) is 11.6 Å². The van der Waals surface area contributed by atoms with E-state index in [2.05, 4.69) is 53.4 Å². The van der Waals surface area contributed by atoms with Gasteiger partial charge in [-0.25, -0.2) is 8.42 Å². The molecule has 0 spiro atoms. The van der Waals surface area contributed by atoms with Crippen LogP contribution in [0.1, 0.15) is 40.6 Å². The number of hydrogen-bond donors (Lipinski definition) is 2. The molecule has 2 N–H and O–H groups in total. The second-order valence-electron chi connectivity index (χ2n) is 8.65. The molecule has 6 heteroatoms. The number of allylic oxidation sites excluding steroid dienone is 2. The Morgan fingerprint density at radius 1 is 1.03 bits per heavy atom. The van der Waals surface area contributed by atoms with Gasteiger partial charge in [-0.2, -0.15) is 0 Å². The number of sulfonamides is 1. The van der Waals surface area contributed by atoms with Gasteiger partial charge < -0.3 is 5.32 Å². The first-order chi connectivity index (χ1) is 15.3. The summed E-state index contributed by atoms with van der Waals surface area (Å²) < 4.78 is 29.0. The van der Waals surface area contributed by atoms with E-state index in [9.17, 15) is 8.42 Å². The molecule has 0 saturated heterocycles. The fourth-order valence-corrected chi connectivity index (χ4v) is 6.10. The van der Waals surface area contributed by atoms with Crippen molar-refractivity contribution in [3.05, 3.63) is 100 Å². The minimum absolute atomic E-state index is 0.181. The van der Waals surface area contributed by atoms with Crippen molar-refractivity contribution in [3.63, 3.8) is 0 Å². The largest absolute Gasteiger partial charge is 0.378 e. The molecule has 0 saturated carbocycles. The highest BCUT2D eigenvalue weighted by Gasteiger charge is 2.38. The molecular weight excluding hydrogens is 440 g/mol. The molecule has 0 aromatic heterocycles. The van der Waals surface area contributed by atoms with Crippen LogP contribution in [0.25, 0.3) is 0 Å². The number of rotatable bonds is 4. The van der Waals surface area contributed by atoms with Crippen LogP contribution in [0.4, 0.5) is 11.4 Å². The number of aryl methyl sites for hydroxylation is 1. The van der Waals surface area contributed by atoms with Gasteiger partial charge in [-0.3, -0.25) is 4.72 Å². The summed E-state index contributed by atoms with van der Waals surface area (Å²) in [5.74, 6) is 0.534. The van der Waals surface area contributed by atoms with Crippen molar-refractivity contribution in [1.82, 2.24) is 0 Å². The van der Waals surface area contributed by atoms with Crippen LogP contribution in [0.2, 0.25) is 5.02 Å². The van der Waals surface area contributed by atoms with E-state index in [-0.39, 0.29) is 16.9 Å². The van der Waals surface area contributed by atoms with Crippen LogP contribution >= 0.6 is 11.6 Å². The van der Waals surface area contributed by atoms with Crippen molar-refractivity contribution in [1.29, 1.82) is 0 Å². The van der Waals surface area contributed by atoms with Crippen LogP contribution in [0.3, 0.4) is 0 Å². The van der Waals surface area contributed by atoms with E-state index in [0.29, 0.717) is 22.2 Å². The Labute approximate surface area is 194 Å². The first-order valence-corrected chi connectivity index (χ1v) is 12.6. The molecular formula is C26H25ClN2O2S. The molecule has 1 aliphatic carbocycles. The van der Waals surface area contributed by atoms with Crippen molar-refractivity contribution in [2.75, 3.05) is 10.0 Å². The van der Waals surface area contributed by atoms with Crippen molar-refractivity contribution in [2.24, 2.45) is 5.92 Å². The van der Waals surface area contributed by atoms with Crippen molar-refractivity contribution in [3.8, 4) is 0 Å². The van der Waals surface area contributed by atoms with Crippen LogP contribution in [-0.4, -0.2) is 8.42 Å². The molecule has 0 amide bonds. The fourth-order valence-electron chi connectivity index (χ4n) is 4.77. The smallest absolute Gasteiger partial charge is 0.261 e.